The molecule has 0 spiro atoms. The molecule has 2 rings (SSSR count). The molecule has 1 aromatic rings. The van der Waals surface area contributed by atoms with Crippen LogP contribution in [0.3, 0.4) is 0 Å². The van der Waals surface area contributed by atoms with Crippen LogP contribution >= 0.6 is 15.9 Å². The van der Waals surface area contributed by atoms with Gasteiger partial charge in [-0.15, -0.1) is 0 Å². The Morgan fingerprint density at radius 1 is 1.35 bits per heavy atom. The third kappa shape index (κ3) is 4.05. The Balaban J connectivity index is 1.85. The molecule has 2 unspecified atom stereocenters. The summed E-state index contributed by atoms with van der Waals surface area (Å²) in [5.74, 6) is 0. The number of pyridine rings is 1. The highest BCUT2D eigenvalue weighted by molar-refractivity contribution is 9.10. The van der Waals surface area contributed by atoms with Crippen molar-refractivity contribution in [3.8, 4) is 0 Å². The Bertz CT molecular complexity index is 362. The van der Waals surface area contributed by atoms with Crippen LogP contribution in [0, 0.1) is 0 Å². The Morgan fingerprint density at radius 2 is 2.06 bits per heavy atom. The number of halogens is 1. The maximum atomic E-state index is 5.92. The molecule has 1 aliphatic rings. The van der Waals surface area contributed by atoms with Gasteiger partial charge < -0.3 is 9.47 Å². The first kappa shape index (κ1) is 13.0. The molecule has 17 heavy (non-hydrogen) atoms. The number of nitrogens with zero attached hydrogens (tertiary/aromatic N) is 1. The lowest BCUT2D eigenvalue weighted by Crippen LogP contribution is -2.33. The first-order valence-corrected chi connectivity index (χ1v) is 6.79. The van der Waals surface area contributed by atoms with E-state index in [1.165, 1.54) is 0 Å². The van der Waals surface area contributed by atoms with Crippen LogP contribution in [-0.4, -0.2) is 23.3 Å². The smallest absolute Gasteiger partial charge is 0.0736 e. The molecule has 0 bridgehead atoms. The fourth-order valence-corrected chi connectivity index (χ4v) is 2.64. The summed E-state index contributed by atoms with van der Waals surface area (Å²) in [6, 6.07) is 2.04. The second-order valence-corrected chi connectivity index (χ2v) is 5.59. The van der Waals surface area contributed by atoms with E-state index < -0.39 is 0 Å². The lowest BCUT2D eigenvalue weighted by molar-refractivity contribution is -0.106. The van der Waals surface area contributed by atoms with Crippen molar-refractivity contribution in [1.82, 2.24) is 4.98 Å². The fraction of sp³-hybridized carbons (Fsp3) is 0.615. The summed E-state index contributed by atoms with van der Waals surface area (Å²) in [4.78, 5) is 4.13. The Kier molecular flexibility index (Phi) is 4.54. The molecular formula is C13H18BrNO2. The molecule has 1 aliphatic heterocycles. The molecule has 4 heteroatoms. The highest BCUT2D eigenvalue weighted by Crippen LogP contribution is 2.22. The molecule has 1 aromatic heterocycles. The van der Waals surface area contributed by atoms with Gasteiger partial charge in [0.15, 0.2) is 0 Å². The third-order valence-electron chi connectivity index (χ3n) is 2.90. The largest absolute Gasteiger partial charge is 0.375 e. The van der Waals surface area contributed by atoms with Gasteiger partial charge in [-0.1, -0.05) is 0 Å². The number of hydrogen-bond acceptors (Lipinski definition) is 3. The summed E-state index contributed by atoms with van der Waals surface area (Å²) >= 11 is 3.41. The van der Waals surface area contributed by atoms with Gasteiger partial charge in [0.1, 0.15) is 0 Å². The van der Waals surface area contributed by atoms with Gasteiger partial charge in [-0.2, -0.15) is 0 Å². The molecule has 0 radical (unpaired) electrons. The van der Waals surface area contributed by atoms with Gasteiger partial charge >= 0.3 is 0 Å². The Morgan fingerprint density at radius 3 is 2.71 bits per heavy atom. The van der Waals surface area contributed by atoms with Crippen molar-refractivity contribution in [2.75, 3.05) is 0 Å². The van der Waals surface area contributed by atoms with Crippen molar-refractivity contribution in [3.63, 3.8) is 0 Å². The molecule has 0 N–H and O–H groups in total. The number of ether oxygens (including phenoxy) is 2. The van der Waals surface area contributed by atoms with Gasteiger partial charge in [0, 0.05) is 16.9 Å². The molecule has 0 aliphatic carbocycles. The van der Waals surface area contributed by atoms with Crippen molar-refractivity contribution >= 4 is 15.9 Å². The van der Waals surface area contributed by atoms with E-state index in [2.05, 4.69) is 34.8 Å². The topological polar surface area (TPSA) is 31.4 Å². The minimum Gasteiger partial charge on any atom is -0.375 e. The zero-order valence-electron chi connectivity index (χ0n) is 10.2. The normalized spacial score (nSPS) is 29.2. The summed E-state index contributed by atoms with van der Waals surface area (Å²) in [6.45, 7) is 4.83. The van der Waals surface area contributed by atoms with Gasteiger partial charge in [-0.25, -0.2) is 0 Å². The number of hydrogen-bond donors (Lipinski definition) is 0. The maximum absolute atomic E-state index is 5.92. The van der Waals surface area contributed by atoms with E-state index in [1.54, 1.807) is 6.20 Å². The zero-order valence-corrected chi connectivity index (χ0v) is 11.8. The molecule has 0 aromatic carbocycles. The molecule has 2 atom stereocenters. The lowest BCUT2D eigenvalue weighted by Gasteiger charge is -2.32. The van der Waals surface area contributed by atoms with E-state index in [0.29, 0.717) is 24.9 Å². The molecule has 2 heterocycles. The van der Waals surface area contributed by atoms with Crippen LogP contribution in [0.5, 0.6) is 0 Å². The highest BCUT2D eigenvalue weighted by atomic mass is 79.9. The predicted octanol–water partition coefficient (Wildman–Crippen LogP) is 3.32. The van der Waals surface area contributed by atoms with Crippen molar-refractivity contribution < 1.29 is 9.47 Å². The SMILES string of the molecule is CC1CC(OCc2cncc(Br)c2)CC(C)O1. The highest BCUT2D eigenvalue weighted by Gasteiger charge is 2.24. The lowest BCUT2D eigenvalue weighted by atomic mass is 10.0. The van der Waals surface area contributed by atoms with E-state index in [9.17, 15) is 0 Å². The van der Waals surface area contributed by atoms with E-state index >= 15 is 0 Å². The second-order valence-electron chi connectivity index (χ2n) is 4.67. The zero-order chi connectivity index (χ0) is 12.3. The van der Waals surface area contributed by atoms with E-state index in [1.807, 2.05) is 12.3 Å². The Hall–Kier alpha value is -0.450. The average molecular weight is 300 g/mol. The summed E-state index contributed by atoms with van der Waals surface area (Å²) in [7, 11) is 0. The van der Waals surface area contributed by atoms with Crippen molar-refractivity contribution in [3.05, 3.63) is 28.5 Å². The number of rotatable bonds is 3. The average Bonchev–Trinajstić information content (AvgIpc) is 2.25. The van der Waals surface area contributed by atoms with Gasteiger partial charge in [-0.05, 0) is 54.2 Å². The summed E-state index contributed by atoms with van der Waals surface area (Å²) in [5.41, 5.74) is 1.10. The van der Waals surface area contributed by atoms with Crippen LogP contribution in [0.4, 0.5) is 0 Å². The van der Waals surface area contributed by atoms with Crippen molar-refractivity contribution in [2.45, 2.75) is 51.6 Å². The van der Waals surface area contributed by atoms with E-state index in [0.717, 1.165) is 22.9 Å². The van der Waals surface area contributed by atoms with Crippen LogP contribution in [0.15, 0.2) is 22.9 Å². The third-order valence-corrected chi connectivity index (χ3v) is 3.34. The van der Waals surface area contributed by atoms with E-state index in [4.69, 9.17) is 9.47 Å². The summed E-state index contributed by atoms with van der Waals surface area (Å²) < 4.78 is 12.6. The molecule has 3 nitrogen and oxygen atoms in total. The standard InChI is InChI=1S/C13H18BrNO2/c1-9-3-13(4-10(2)17-9)16-8-11-5-12(14)7-15-6-11/h5-7,9-10,13H,3-4,8H2,1-2H3. The van der Waals surface area contributed by atoms with E-state index in [-0.39, 0.29) is 0 Å². The minimum absolute atomic E-state index is 0.296. The van der Waals surface area contributed by atoms with Crippen LogP contribution < -0.4 is 0 Å². The number of aromatic nitrogens is 1. The maximum Gasteiger partial charge on any atom is 0.0736 e. The first-order chi connectivity index (χ1) is 8.13. The van der Waals surface area contributed by atoms with Crippen LogP contribution in [0.25, 0.3) is 0 Å². The van der Waals surface area contributed by atoms with Crippen molar-refractivity contribution in [2.24, 2.45) is 0 Å². The monoisotopic (exact) mass is 299 g/mol. The van der Waals surface area contributed by atoms with Gasteiger partial charge in [0.25, 0.3) is 0 Å². The molecule has 0 saturated carbocycles. The fourth-order valence-electron chi connectivity index (χ4n) is 2.23. The summed E-state index contributed by atoms with van der Waals surface area (Å²) in [5, 5.41) is 0. The molecule has 94 valence electrons. The van der Waals surface area contributed by atoms with Crippen molar-refractivity contribution in [1.29, 1.82) is 0 Å². The predicted molar refractivity (Wildman–Crippen MR) is 69.8 cm³/mol. The van der Waals surface area contributed by atoms with Gasteiger partial charge in [0.05, 0.1) is 24.9 Å². The second kappa shape index (κ2) is 5.94. The van der Waals surface area contributed by atoms with Crippen LogP contribution in [0.1, 0.15) is 32.3 Å². The first-order valence-electron chi connectivity index (χ1n) is 6.00. The molecule has 0 amide bonds. The molecule has 1 saturated heterocycles. The molecule has 1 fully saturated rings. The minimum atomic E-state index is 0.296. The van der Waals surface area contributed by atoms with Gasteiger partial charge in [0.2, 0.25) is 0 Å². The van der Waals surface area contributed by atoms with Gasteiger partial charge in [-0.3, -0.25) is 4.98 Å². The Labute approximate surface area is 111 Å². The molecular weight excluding hydrogens is 282 g/mol. The van der Waals surface area contributed by atoms with Crippen LogP contribution in [-0.2, 0) is 16.1 Å². The quantitative estimate of drug-likeness (QED) is 0.858. The van der Waals surface area contributed by atoms with Crippen LogP contribution in [0.2, 0.25) is 0 Å². The summed E-state index contributed by atoms with van der Waals surface area (Å²) in [6.07, 6.45) is 6.47.